The number of rotatable bonds is 8. The van der Waals surface area contributed by atoms with Crippen molar-refractivity contribution in [3.05, 3.63) is 12.4 Å². The van der Waals surface area contributed by atoms with Crippen molar-refractivity contribution < 1.29 is 0 Å². The lowest BCUT2D eigenvalue weighted by molar-refractivity contribution is 0.434. The maximum atomic E-state index is 4.41. The first-order chi connectivity index (χ1) is 8.22. The topological polar surface area (TPSA) is 29.9 Å². The molecule has 1 heterocycles. The van der Waals surface area contributed by atoms with Gasteiger partial charge in [-0.3, -0.25) is 0 Å². The molecule has 1 unspecified atom stereocenters. The highest BCUT2D eigenvalue weighted by Crippen LogP contribution is 2.17. The van der Waals surface area contributed by atoms with E-state index in [1.54, 1.807) is 0 Å². The van der Waals surface area contributed by atoms with Crippen molar-refractivity contribution in [1.82, 2.24) is 9.55 Å². The molecular formula is C14H27N3. The summed E-state index contributed by atoms with van der Waals surface area (Å²) in [5.41, 5.74) is 0. The minimum absolute atomic E-state index is 0.493. The predicted molar refractivity (Wildman–Crippen MR) is 74.3 cm³/mol. The predicted octanol–water partition coefficient (Wildman–Crippen LogP) is 3.92. The van der Waals surface area contributed by atoms with Crippen LogP contribution in [0.3, 0.4) is 0 Å². The van der Waals surface area contributed by atoms with Gasteiger partial charge < -0.3 is 9.88 Å². The van der Waals surface area contributed by atoms with Gasteiger partial charge in [-0.2, -0.15) is 0 Å². The molecule has 1 N–H and O–H groups in total. The average molecular weight is 237 g/mol. The second-order valence-electron chi connectivity index (χ2n) is 4.81. The van der Waals surface area contributed by atoms with Gasteiger partial charge in [0.15, 0.2) is 0 Å². The largest absolute Gasteiger partial charge is 0.353 e. The Labute approximate surface area is 106 Å². The van der Waals surface area contributed by atoms with E-state index in [1.165, 1.54) is 25.7 Å². The lowest BCUT2D eigenvalue weighted by atomic mass is 9.96. The summed E-state index contributed by atoms with van der Waals surface area (Å²) in [5.74, 6) is 1.75. The molecule has 0 aliphatic carbocycles. The van der Waals surface area contributed by atoms with E-state index in [9.17, 15) is 0 Å². The van der Waals surface area contributed by atoms with Crippen molar-refractivity contribution >= 4 is 5.95 Å². The van der Waals surface area contributed by atoms with Gasteiger partial charge in [-0.05, 0) is 19.3 Å². The average Bonchev–Trinajstić information content (AvgIpc) is 2.75. The lowest BCUT2D eigenvalue weighted by Gasteiger charge is -2.23. The van der Waals surface area contributed by atoms with Gasteiger partial charge in [0.05, 0.1) is 0 Å². The van der Waals surface area contributed by atoms with E-state index in [4.69, 9.17) is 0 Å². The van der Waals surface area contributed by atoms with Gasteiger partial charge in [0.1, 0.15) is 0 Å². The van der Waals surface area contributed by atoms with Crippen LogP contribution in [0.15, 0.2) is 12.4 Å². The first-order valence-corrected chi connectivity index (χ1v) is 7.00. The number of anilines is 1. The third-order valence-corrected chi connectivity index (χ3v) is 3.58. The molecule has 0 radical (unpaired) electrons. The standard InChI is InChI=1S/C14H27N3/c1-5-8-10-17-11-9-15-14(17)16-12(4)13(6-2)7-3/h9,11-13H,5-8,10H2,1-4H3,(H,15,16). The molecule has 0 fully saturated rings. The maximum Gasteiger partial charge on any atom is 0.202 e. The van der Waals surface area contributed by atoms with Crippen LogP contribution in [0.5, 0.6) is 0 Å². The highest BCUT2D eigenvalue weighted by atomic mass is 15.2. The molecular weight excluding hydrogens is 210 g/mol. The second kappa shape index (κ2) is 7.36. The molecule has 1 atom stereocenters. The van der Waals surface area contributed by atoms with E-state index in [2.05, 4.69) is 48.8 Å². The Morgan fingerprint density at radius 2 is 2.00 bits per heavy atom. The van der Waals surface area contributed by atoms with Crippen molar-refractivity contribution in [2.45, 2.75) is 66.0 Å². The molecule has 0 aliphatic heterocycles. The summed E-state index contributed by atoms with van der Waals surface area (Å²) in [6.07, 6.45) is 8.83. The quantitative estimate of drug-likeness (QED) is 0.742. The molecule has 1 aromatic rings. The van der Waals surface area contributed by atoms with E-state index in [1.807, 2.05) is 6.20 Å². The Morgan fingerprint density at radius 1 is 1.29 bits per heavy atom. The molecule has 0 spiro atoms. The van der Waals surface area contributed by atoms with E-state index in [0.29, 0.717) is 6.04 Å². The van der Waals surface area contributed by atoms with Gasteiger partial charge in [0.2, 0.25) is 5.95 Å². The Balaban J connectivity index is 2.58. The molecule has 1 aromatic heterocycles. The van der Waals surface area contributed by atoms with E-state index in [0.717, 1.165) is 18.4 Å². The lowest BCUT2D eigenvalue weighted by Crippen LogP contribution is -2.26. The number of imidazole rings is 1. The van der Waals surface area contributed by atoms with Gasteiger partial charge in [0.25, 0.3) is 0 Å². The molecule has 3 nitrogen and oxygen atoms in total. The molecule has 0 amide bonds. The van der Waals surface area contributed by atoms with Crippen LogP contribution in [0.4, 0.5) is 5.95 Å². The molecule has 17 heavy (non-hydrogen) atoms. The van der Waals surface area contributed by atoms with Gasteiger partial charge in [-0.1, -0.05) is 40.0 Å². The zero-order chi connectivity index (χ0) is 12.7. The molecule has 0 aliphatic rings. The summed E-state index contributed by atoms with van der Waals surface area (Å²) in [5, 5.41) is 3.55. The zero-order valence-corrected chi connectivity index (χ0v) is 11.7. The van der Waals surface area contributed by atoms with E-state index in [-0.39, 0.29) is 0 Å². The Kier molecular flexibility index (Phi) is 6.09. The highest BCUT2D eigenvalue weighted by molar-refractivity contribution is 5.27. The fourth-order valence-electron chi connectivity index (χ4n) is 2.28. The molecule has 0 saturated heterocycles. The number of nitrogens with zero attached hydrogens (tertiary/aromatic N) is 2. The smallest absolute Gasteiger partial charge is 0.202 e. The molecule has 0 saturated carbocycles. The fraction of sp³-hybridized carbons (Fsp3) is 0.786. The van der Waals surface area contributed by atoms with Crippen LogP contribution < -0.4 is 5.32 Å². The van der Waals surface area contributed by atoms with Crippen LogP contribution in [0.1, 0.15) is 53.4 Å². The minimum Gasteiger partial charge on any atom is -0.353 e. The summed E-state index contributed by atoms with van der Waals surface area (Å²) in [6.45, 7) is 10.1. The summed E-state index contributed by atoms with van der Waals surface area (Å²) >= 11 is 0. The van der Waals surface area contributed by atoms with Crippen LogP contribution >= 0.6 is 0 Å². The zero-order valence-electron chi connectivity index (χ0n) is 11.7. The van der Waals surface area contributed by atoms with Crippen molar-refractivity contribution in [3.63, 3.8) is 0 Å². The van der Waals surface area contributed by atoms with E-state index < -0.39 is 0 Å². The Morgan fingerprint density at radius 3 is 2.59 bits per heavy atom. The Bertz CT molecular complexity index is 302. The molecule has 1 rings (SSSR count). The normalized spacial score (nSPS) is 13.0. The molecule has 0 aromatic carbocycles. The molecule has 98 valence electrons. The summed E-state index contributed by atoms with van der Waals surface area (Å²) in [6, 6.07) is 0.493. The first kappa shape index (κ1) is 14.1. The van der Waals surface area contributed by atoms with Crippen molar-refractivity contribution in [1.29, 1.82) is 0 Å². The number of aromatic nitrogens is 2. The third kappa shape index (κ3) is 4.06. The fourth-order valence-corrected chi connectivity index (χ4v) is 2.28. The van der Waals surface area contributed by atoms with Crippen molar-refractivity contribution in [2.24, 2.45) is 5.92 Å². The van der Waals surface area contributed by atoms with Gasteiger partial charge in [-0.25, -0.2) is 4.98 Å². The summed E-state index contributed by atoms with van der Waals surface area (Å²) in [7, 11) is 0. The SMILES string of the molecule is CCCCn1ccnc1NC(C)C(CC)CC. The van der Waals surface area contributed by atoms with Gasteiger partial charge in [0, 0.05) is 25.0 Å². The van der Waals surface area contributed by atoms with E-state index >= 15 is 0 Å². The van der Waals surface area contributed by atoms with Crippen LogP contribution in [-0.4, -0.2) is 15.6 Å². The monoisotopic (exact) mass is 237 g/mol. The Hall–Kier alpha value is -0.990. The summed E-state index contributed by atoms with van der Waals surface area (Å²) in [4.78, 5) is 4.41. The van der Waals surface area contributed by atoms with Crippen LogP contribution in [-0.2, 0) is 6.54 Å². The number of aryl methyl sites for hydroxylation is 1. The number of hydrogen-bond acceptors (Lipinski definition) is 2. The number of unbranched alkanes of at least 4 members (excludes halogenated alkanes) is 1. The number of hydrogen-bond donors (Lipinski definition) is 1. The van der Waals surface area contributed by atoms with Crippen molar-refractivity contribution in [2.75, 3.05) is 5.32 Å². The number of nitrogens with one attached hydrogen (secondary N) is 1. The van der Waals surface area contributed by atoms with Crippen LogP contribution in [0.2, 0.25) is 0 Å². The molecule has 0 bridgehead atoms. The summed E-state index contributed by atoms with van der Waals surface area (Å²) < 4.78 is 2.22. The van der Waals surface area contributed by atoms with Gasteiger partial charge in [-0.15, -0.1) is 0 Å². The highest BCUT2D eigenvalue weighted by Gasteiger charge is 2.14. The minimum atomic E-state index is 0.493. The van der Waals surface area contributed by atoms with Crippen LogP contribution in [0, 0.1) is 5.92 Å². The second-order valence-corrected chi connectivity index (χ2v) is 4.81. The molecule has 3 heteroatoms. The van der Waals surface area contributed by atoms with Crippen LogP contribution in [0.25, 0.3) is 0 Å². The third-order valence-electron chi connectivity index (χ3n) is 3.58. The first-order valence-electron chi connectivity index (χ1n) is 7.00. The van der Waals surface area contributed by atoms with Gasteiger partial charge >= 0.3 is 0 Å². The maximum absolute atomic E-state index is 4.41. The van der Waals surface area contributed by atoms with Crippen molar-refractivity contribution in [3.8, 4) is 0 Å².